The van der Waals surface area contributed by atoms with Crippen LogP contribution >= 0.6 is 11.8 Å². The molecule has 0 radical (unpaired) electrons. The maximum absolute atomic E-state index is 11.2. The van der Waals surface area contributed by atoms with E-state index < -0.39 is 0 Å². The Morgan fingerprint density at radius 3 is 3.08 bits per heavy atom. The molecule has 0 aliphatic carbocycles. The number of anilines is 1. The first-order valence-corrected chi connectivity index (χ1v) is 4.86. The van der Waals surface area contributed by atoms with E-state index in [2.05, 4.69) is 15.3 Å². The van der Waals surface area contributed by atoms with Gasteiger partial charge in [-0.2, -0.15) is 11.8 Å². The lowest BCUT2D eigenvalue weighted by atomic mass is 10.4. The zero-order chi connectivity index (χ0) is 8.97. The molecule has 4 nitrogen and oxygen atoms in total. The fraction of sp³-hybridized carbons (Fsp3) is 0.429. The summed E-state index contributed by atoms with van der Waals surface area (Å²) >= 11 is 1.50. The molecule has 0 saturated carbocycles. The Morgan fingerprint density at radius 2 is 2.58 bits per heavy atom. The lowest BCUT2D eigenvalue weighted by Gasteiger charge is -2.06. The molecule has 0 fully saturated rings. The Bertz CT molecular complexity index is 247. The smallest absolute Gasteiger partial charge is 0.239 e. The number of nitrogens with zero attached hydrogens (tertiary/aromatic N) is 1. The molecule has 0 aliphatic heterocycles. The quantitative estimate of drug-likeness (QED) is 0.741. The van der Waals surface area contributed by atoms with E-state index in [0.717, 1.165) is 0 Å². The summed E-state index contributed by atoms with van der Waals surface area (Å²) in [6, 6.07) is 0. The number of aromatic nitrogens is 2. The van der Waals surface area contributed by atoms with Crippen LogP contribution in [-0.2, 0) is 4.79 Å². The van der Waals surface area contributed by atoms with Gasteiger partial charge in [0.2, 0.25) is 11.9 Å². The lowest BCUT2D eigenvalue weighted by molar-refractivity contribution is -0.115. The van der Waals surface area contributed by atoms with Crippen molar-refractivity contribution >= 4 is 23.6 Å². The SMILES string of the molecule is CSC(C)C(=O)Nc1ncc[nH]1. The van der Waals surface area contributed by atoms with Gasteiger partial charge in [0.25, 0.3) is 0 Å². The molecule has 1 aromatic heterocycles. The number of nitrogens with one attached hydrogen (secondary N) is 2. The molecular weight excluding hydrogens is 174 g/mol. The number of thioether (sulfide) groups is 1. The number of hydrogen-bond acceptors (Lipinski definition) is 3. The van der Waals surface area contributed by atoms with Crippen molar-refractivity contribution in [3.63, 3.8) is 0 Å². The summed E-state index contributed by atoms with van der Waals surface area (Å²) in [5.74, 6) is 0.471. The van der Waals surface area contributed by atoms with Crippen LogP contribution in [0.15, 0.2) is 12.4 Å². The molecule has 12 heavy (non-hydrogen) atoms. The Balaban J connectivity index is 2.47. The van der Waals surface area contributed by atoms with Gasteiger partial charge in [-0.05, 0) is 13.2 Å². The van der Waals surface area contributed by atoms with Gasteiger partial charge in [0.1, 0.15) is 0 Å². The molecule has 66 valence electrons. The van der Waals surface area contributed by atoms with Crippen LogP contribution in [0.2, 0.25) is 0 Å². The van der Waals surface area contributed by atoms with Gasteiger partial charge in [0, 0.05) is 12.4 Å². The van der Waals surface area contributed by atoms with E-state index in [1.54, 1.807) is 12.4 Å². The third kappa shape index (κ3) is 2.27. The molecular formula is C7H11N3OS. The number of amides is 1. The van der Waals surface area contributed by atoms with Gasteiger partial charge < -0.3 is 4.98 Å². The number of aromatic amines is 1. The van der Waals surface area contributed by atoms with E-state index in [4.69, 9.17) is 0 Å². The van der Waals surface area contributed by atoms with Crippen LogP contribution in [-0.4, -0.2) is 27.4 Å². The van der Waals surface area contributed by atoms with Gasteiger partial charge in [-0.3, -0.25) is 10.1 Å². The molecule has 0 spiro atoms. The maximum atomic E-state index is 11.2. The van der Waals surface area contributed by atoms with E-state index in [0.29, 0.717) is 5.95 Å². The van der Waals surface area contributed by atoms with E-state index in [9.17, 15) is 4.79 Å². The fourth-order valence-corrected chi connectivity index (χ4v) is 0.932. The zero-order valence-electron chi connectivity index (χ0n) is 7.00. The van der Waals surface area contributed by atoms with Crippen LogP contribution in [0.4, 0.5) is 5.95 Å². The van der Waals surface area contributed by atoms with E-state index >= 15 is 0 Å². The molecule has 0 saturated heterocycles. The molecule has 1 amide bonds. The second-order valence-electron chi connectivity index (χ2n) is 2.30. The van der Waals surface area contributed by atoms with Crippen molar-refractivity contribution in [3.05, 3.63) is 12.4 Å². The van der Waals surface area contributed by atoms with Crippen LogP contribution in [0.5, 0.6) is 0 Å². The first-order valence-electron chi connectivity index (χ1n) is 3.57. The Hall–Kier alpha value is -0.970. The summed E-state index contributed by atoms with van der Waals surface area (Å²) in [5, 5.41) is 2.60. The van der Waals surface area contributed by atoms with Gasteiger partial charge in [-0.25, -0.2) is 4.98 Å². The van der Waals surface area contributed by atoms with E-state index in [1.165, 1.54) is 11.8 Å². The normalized spacial score (nSPS) is 12.5. The molecule has 1 heterocycles. The van der Waals surface area contributed by atoms with Gasteiger partial charge in [-0.1, -0.05) is 0 Å². The average Bonchev–Trinajstić information content (AvgIpc) is 2.55. The average molecular weight is 185 g/mol. The summed E-state index contributed by atoms with van der Waals surface area (Å²) in [7, 11) is 0. The molecule has 0 bridgehead atoms. The number of carbonyl (C=O) groups is 1. The highest BCUT2D eigenvalue weighted by molar-refractivity contribution is 7.99. The minimum absolute atomic E-state index is 0.0301. The van der Waals surface area contributed by atoms with E-state index in [1.807, 2.05) is 13.2 Å². The molecule has 5 heteroatoms. The third-order valence-corrected chi connectivity index (χ3v) is 2.38. The first kappa shape index (κ1) is 9.12. The summed E-state index contributed by atoms with van der Waals surface area (Å²) in [4.78, 5) is 17.9. The molecule has 2 N–H and O–H groups in total. The summed E-state index contributed by atoms with van der Waals surface area (Å²) in [6.45, 7) is 1.85. The highest BCUT2D eigenvalue weighted by Gasteiger charge is 2.11. The summed E-state index contributed by atoms with van der Waals surface area (Å²) in [6.07, 6.45) is 5.16. The maximum Gasteiger partial charge on any atom is 0.239 e. The van der Waals surface area contributed by atoms with Gasteiger partial charge in [0.05, 0.1) is 5.25 Å². The van der Waals surface area contributed by atoms with Crippen molar-refractivity contribution in [2.75, 3.05) is 11.6 Å². The summed E-state index contributed by atoms with van der Waals surface area (Å²) < 4.78 is 0. The van der Waals surface area contributed by atoms with E-state index in [-0.39, 0.29) is 11.2 Å². The van der Waals surface area contributed by atoms with Gasteiger partial charge >= 0.3 is 0 Å². The molecule has 0 aromatic carbocycles. The highest BCUT2D eigenvalue weighted by Crippen LogP contribution is 2.07. The monoisotopic (exact) mass is 185 g/mol. The topological polar surface area (TPSA) is 57.8 Å². The van der Waals surface area contributed by atoms with Crippen LogP contribution in [0, 0.1) is 0 Å². The Kier molecular flexibility index (Phi) is 3.16. The van der Waals surface area contributed by atoms with Crippen LogP contribution < -0.4 is 5.32 Å². The van der Waals surface area contributed by atoms with Crippen LogP contribution in [0.3, 0.4) is 0 Å². The predicted octanol–water partition coefficient (Wildman–Crippen LogP) is 1.10. The predicted molar refractivity (Wildman–Crippen MR) is 50.2 cm³/mol. The second-order valence-corrected chi connectivity index (χ2v) is 3.48. The summed E-state index contributed by atoms with van der Waals surface area (Å²) in [5.41, 5.74) is 0. The van der Waals surface area contributed by atoms with Crippen molar-refractivity contribution in [2.24, 2.45) is 0 Å². The second kappa shape index (κ2) is 4.15. The fourth-order valence-electron chi connectivity index (χ4n) is 0.659. The van der Waals surface area contributed by atoms with Crippen molar-refractivity contribution in [2.45, 2.75) is 12.2 Å². The molecule has 0 aliphatic rings. The minimum Gasteiger partial charge on any atom is -0.331 e. The zero-order valence-corrected chi connectivity index (χ0v) is 7.81. The number of H-pyrrole nitrogens is 1. The molecule has 1 aromatic rings. The largest absolute Gasteiger partial charge is 0.331 e. The van der Waals surface area contributed by atoms with Crippen molar-refractivity contribution in [1.29, 1.82) is 0 Å². The standard InChI is InChI=1S/C7H11N3OS/c1-5(12-2)6(11)10-7-8-3-4-9-7/h3-5H,1-2H3,(H2,8,9,10,11). The Labute approximate surface area is 75.2 Å². The van der Waals surface area contributed by atoms with Crippen molar-refractivity contribution in [1.82, 2.24) is 9.97 Å². The van der Waals surface area contributed by atoms with Gasteiger partial charge in [0.15, 0.2) is 0 Å². The number of carbonyl (C=O) groups excluding carboxylic acids is 1. The number of rotatable bonds is 3. The van der Waals surface area contributed by atoms with Crippen LogP contribution in [0.25, 0.3) is 0 Å². The first-order chi connectivity index (χ1) is 5.74. The number of hydrogen-bond donors (Lipinski definition) is 2. The lowest BCUT2D eigenvalue weighted by Crippen LogP contribution is -2.22. The Morgan fingerprint density at radius 1 is 1.83 bits per heavy atom. The third-order valence-electron chi connectivity index (χ3n) is 1.46. The molecule has 1 rings (SSSR count). The van der Waals surface area contributed by atoms with Crippen LogP contribution in [0.1, 0.15) is 6.92 Å². The van der Waals surface area contributed by atoms with Crippen molar-refractivity contribution in [3.8, 4) is 0 Å². The van der Waals surface area contributed by atoms with Gasteiger partial charge in [-0.15, -0.1) is 0 Å². The minimum atomic E-state index is -0.0462. The highest BCUT2D eigenvalue weighted by atomic mass is 32.2. The molecule has 1 atom stereocenters. The molecule has 1 unspecified atom stereocenters. The van der Waals surface area contributed by atoms with Crippen molar-refractivity contribution < 1.29 is 4.79 Å². The number of imidazole rings is 1.